The van der Waals surface area contributed by atoms with Crippen LogP contribution in [-0.4, -0.2) is 143 Å². The molecule has 0 aromatic heterocycles. The lowest BCUT2D eigenvalue weighted by molar-refractivity contribution is -0.285. The SMILES string of the molecule is CC1(C)C=C(C(=O)O)C(C)(C)N1O.CC1CCC2(CC1)CC(N)CC1(CCC(O[Si](C)(C)C(C)(C)C)CC1)N2O.CC1CCC2(CC1)CC(NC(=O)C1=CC(C)(C)N(O)C1(C)C)CC1(CCC(O[Si](C)(C)C(C)(C)C)CC1)N2O. The van der Waals surface area contributed by atoms with Crippen LogP contribution >= 0.6 is 0 Å². The number of piperidine rings is 2. The minimum Gasteiger partial charge on any atom is -0.478 e. The standard InChI is InChI=1S/C31H57N3O4Si.C22H44N2O2Si.C9H15NO3/c1-22-11-15-30(16-12-22)19-23(32-26(35)25-21-28(5,6)33(36)29(25,7)8)20-31(34(30)37)17-13-24(14-18-31)38-39(9,10)27(2,3)4;1-17-7-11-21(12-8-17)15-18(23)16-22(24(21)25)13-9-19(10-14-22)26-27(5,6)20(2,3)4;1-8(2)5-6(7(11)12)9(3,4)10(8)13/h21-24,36-37H,11-20H2,1-10H3,(H,32,35);17-19,25H,7-16,23H2,1-6H3;5,13H,1-4H3,(H,11,12). The Balaban J connectivity index is 0.000000217. The van der Waals surface area contributed by atoms with Crippen molar-refractivity contribution in [3.63, 3.8) is 0 Å². The largest absolute Gasteiger partial charge is 0.478 e. The molecule has 0 aromatic rings. The van der Waals surface area contributed by atoms with E-state index in [2.05, 4.69) is 86.9 Å². The average Bonchev–Trinajstić information content (AvgIpc) is 3.61. The van der Waals surface area contributed by atoms with Crippen molar-refractivity contribution in [1.29, 1.82) is 0 Å². The van der Waals surface area contributed by atoms with E-state index in [0.717, 1.165) is 127 Å². The van der Waals surface area contributed by atoms with Gasteiger partial charge in [0.1, 0.15) is 0 Å². The number of aliphatic carboxylic acids is 1. The van der Waals surface area contributed by atoms with Crippen molar-refractivity contribution in [2.45, 2.75) is 344 Å². The second kappa shape index (κ2) is 23.0. The van der Waals surface area contributed by atoms with Crippen LogP contribution in [0.15, 0.2) is 23.3 Å². The number of carboxylic acid groups (broad SMARTS) is 1. The van der Waals surface area contributed by atoms with Gasteiger partial charge < -0.3 is 45.8 Å². The summed E-state index contributed by atoms with van der Waals surface area (Å²) in [6, 6.07) is 0.208. The third-order valence-electron chi connectivity index (χ3n) is 22.3. The molecule has 4 aliphatic carbocycles. The smallest absolute Gasteiger partial charge is 0.333 e. The van der Waals surface area contributed by atoms with Crippen LogP contribution < -0.4 is 11.1 Å². The highest BCUT2D eigenvalue weighted by atomic mass is 28.4. The summed E-state index contributed by atoms with van der Waals surface area (Å²) < 4.78 is 13.5. The Bertz CT molecular complexity index is 2200. The summed E-state index contributed by atoms with van der Waals surface area (Å²) in [6.45, 7) is 42.4. The van der Waals surface area contributed by atoms with E-state index in [4.69, 9.17) is 19.7 Å². The van der Waals surface area contributed by atoms with Crippen molar-refractivity contribution >= 4 is 28.5 Å². The fraction of sp³-hybridized carbons (Fsp3) is 0.903. The second-order valence-corrected chi connectivity index (χ2v) is 41.8. The normalized spacial score (nSPS) is 37.2. The fourth-order valence-electron chi connectivity index (χ4n) is 15.2. The number of hydroxylamine groups is 8. The summed E-state index contributed by atoms with van der Waals surface area (Å²) >= 11 is 0. The number of hydrogen-bond acceptors (Lipinski definition) is 13. The molecular weight excluding hydrogens is 1030 g/mol. The predicted octanol–water partition coefficient (Wildman–Crippen LogP) is 13.5. The Morgan fingerprint density at radius 1 is 0.532 bits per heavy atom. The topological polar surface area (TPSA) is 205 Å². The van der Waals surface area contributed by atoms with Gasteiger partial charge in [0.05, 0.1) is 27.7 Å². The zero-order valence-electron chi connectivity index (χ0n) is 53.5. The molecule has 15 nitrogen and oxygen atoms in total. The highest BCUT2D eigenvalue weighted by molar-refractivity contribution is 6.74. The summed E-state index contributed by atoms with van der Waals surface area (Å²) in [7, 11) is -3.59. The lowest BCUT2D eigenvalue weighted by atomic mass is 9.64. The van der Waals surface area contributed by atoms with E-state index < -0.39 is 44.8 Å². The maximum atomic E-state index is 13.7. The molecular formula is C62H116N6O9Si2. The van der Waals surface area contributed by atoms with Crippen LogP contribution in [0.2, 0.25) is 36.3 Å². The van der Waals surface area contributed by atoms with Gasteiger partial charge in [-0.3, -0.25) is 4.79 Å². The lowest BCUT2D eigenvalue weighted by Crippen LogP contribution is -2.69. The number of carbonyl (C=O) groups is 2. The molecule has 2 saturated heterocycles. The molecule has 4 aliphatic heterocycles. The van der Waals surface area contributed by atoms with E-state index in [0.29, 0.717) is 17.6 Å². The number of carbonyl (C=O) groups excluding carboxylic acids is 1. The first kappa shape index (κ1) is 66.6. The van der Waals surface area contributed by atoms with Crippen LogP contribution in [0.3, 0.4) is 0 Å². The van der Waals surface area contributed by atoms with Crippen LogP contribution in [0.5, 0.6) is 0 Å². The van der Waals surface area contributed by atoms with Gasteiger partial charge in [-0.2, -0.15) is 20.3 Å². The molecule has 4 heterocycles. The Hall–Kier alpha value is -1.59. The van der Waals surface area contributed by atoms with Crippen LogP contribution in [-0.2, 0) is 18.4 Å². The number of carboxylic acids is 1. The molecule has 0 bridgehead atoms. The number of amides is 1. The molecule has 1 amide bonds. The molecule has 4 spiro atoms. The van der Waals surface area contributed by atoms with Gasteiger partial charge in [0, 0.05) is 52.0 Å². The zero-order valence-corrected chi connectivity index (χ0v) is 55.5. The molecule has 6 fully saturated rings. The minimum atomic E-state index is -1.86. The van der Waals surface area contributed by atoms with Crippen molar-refractivity contribution in [2.24, 2.45) is 17.6 Å². The van der Waals surface area contributed by atoms with Crippen LogP contribution in [0, 0.1) is 11.8 Å². The van der Waals surface area contributed by atoms with Crippen LogP contribution in [0.1, 0.15) is 239 Å². The van der Waals surface area contributed by atoms with Gasteiger partial charge in [0.15, 0.2) is 16.6 Å². The van der Waals surface area contributed by atoms with Gasteiger partial charge in [-0.1, -0.05) is 67.5 Å². The highest BCUT2D eigenvalue weighted by Gasteiger charge is 2.59. The number of hydrogen-bond donors (Lipinski definition) is 7. The number of nitrogens with one attached hydrogen (secondary N) is 1. The van der Waals surface area contributed by atoms with E-state index in [9.17, 15) is 30.4 Å². The number of rotatable bonds is 7. The van der Waals surface area contributed by atoms with E-state index in [1.54, 1.807) is 38.8 Å². The Morgan fingerprint density at radius 3 is 1.09 bits per heavy atom. The molecule has 4 saturated carbocycles. The second-order valence-electron chi connectivity index (χ2n) is 32.3. The Kier molecular flexibility index (Phi) is 19.4. The lowest BCUT2D eigenvalue weighted by Gasteiger charge is -2.60. The van der Waals surface area contributed by atoms with Crippen LogP contribution in [0.4, 0.5) is 0 Å². The highest BCUT2D eigenvalue weighted by Crippen LogP contribution is 2.54. The van der Waals surface area contributed by atoms with E-state index in [1.165, 1.54) is 17.9 Å². The van der Waals surface area contributed by atoms with Crippen molar-refractivity contribution in [1.82, 2.24) is 25.6 Å². The number of nitrogens with two attached hydrogens (primary N) is 1. The molecule has 17 heteroatoms. The average molecular weight is 1150 g/mol. The first-order valence-corrected chi connectivity index (χ1v) is 36.7. The van der Waals surface area contributed by atoms with Gasteiger partial charge in [-0.15, -0.1) is 0 Å². The monoisotopic (exact) mass is 1140 g/mol. The minimum absolute atomic E-state index is 0.0141. The molecule has 8 aliphatic rings. The van der Waals surface area contributed by atoms with Crippen molar-refractivity contribution in [2.75, 3.05) is 0 Å². The zero-order chi connectivity index (χ0) is 59.8. The van der Waals surface area contributed by atoms with Gasteiger partial charge in [0.25, 0.3) is 0 Å². The molecule has 0 aromatic carbocycles. The quantitative estimate of drug-likeness (QED) is 0.119. The van der Waals surface area contributed by atoms with Crippen LogP contribution in [0.25, 0.3) is 0 Å². The number of nitrogens with zero attached hydrogens (tertiary/aromatic N) is 4. The van der Waals surface area contributed by atoms with Gasteiger partial charge in [-0.05, 0) is 232 Å². The third-order valence-corrected chi connectivity index (χ3v) is 31.4. The molecule has 79 heavy (non-hydrogen) atoms. The summed E-state index contributed by atoms with van der Waals surface area (Å²) in [4.78, 5) is 24.6. The third kappa shape index (κ3) is 13.6. The molecule has 0 radical (unpaired) electrons. The van der Waals surface area contributed by atoms with Gasteiger partial charge >= 0.3 is 5.97 Å². The Labute approximate surface area is 481 Å². The van der Waals surface area contributed by atoms with Crippen molar-refractivity contribution in [3.05, 3.63) is 23.3 Å². The molecule has 456 valence electrons. The summed E-state index contributed by atoms with van der Waals surface area (Å²) in [5, 5.41) is 62.7. The molecule has 8 N–H and O–H groups in total. The van der Waals surface area contributed by atoms with E-state index >= 15 is 0 Å². The van der Waals surface area contributed by atoms with Crippen molar-refractivity contribution in [3.8, 4) is 0 Å². The summed E-state index contributed by atoms with van der Waals surface area (Å²) in [5.41, 5.74) is 3.80. The molecule has 8 rings (SSSR count). The van der Waals surface area contributed by atoms with E-state index in [1.807, 2.05) is 38.8 Å². The predicted molar refractivity (Wildman–Crippen MR) is 320 cm³/mol. The fourth-order valence-corrected chi connectivity index (χ4v) is 18.1. The van der Waals surface area contributed by atoms with Gasteiger partial charge in [0.2, 0.25) is 5.91 Å². The molecule has 2 atom stereocenters. The van der Waals surface area contributed by atoms with Gasteiger partial charge in [-0.25, -0.2) is 4.79 Å². The molecule has 2 unspecified atom stereocenters. The van der Waals surface area contributed by atoms with Crippen molar-refractivity contribution < 1.29 is 44.4 Å². The maximum Gasteiger partial charge on any atom is 0.333 e. The van der Waals surface area contributed by atoms with E-state index in [-0.39, 0.29) is 61.9 Å². The first-order valence-electron chi connectivity index (χ1n) is 30.9. The summed E-state index contributed by atoms with van der Waals surface area (Å²) in [6.07, 6.45) is 24.1. The maximum absolute atomic E-state index is 13.7. The Morgan fingerprint density at radius 2 is 0.823 bits per heavy atom. The first-order chi connectivity index (χ1) is 35.8. The summed E-state index contributed by atoms with van der Waals surface area (Å²) in [5.74, 6) is 0.387.